The lowest BCUT2D eigenvalue weighted by molar-refractivity contribution is -0.174. The monoisotopic (exact) mass is 280 g/mol. The van der Waals surface area contributed by atoms with Crippen LogP contribution in [0.3, 0.4) is 0 Å². The van der Waals surface area contributed by atoms with E-state index in [9.17, 15) is 13.2 Å². The molecule has 0 aromatic carbocycles. The van der Waals surface area contributed by atoms with Gasteiger partial charge in [-0.15, -0.1) is 0 Å². The van der Waals surface area contributed by atoms with E-state index in [-0.39, 0.29) is 13.2 Å². The Bertz CT molecular complexity index is 365. The Morgan fingerprint density at radius 2 is 2.16 bits per heavy atom. The van der Waals surface area contributed by atoms with Gasteiger partial charge in [-0.3, -0.25) is 0 Å². The Labute approximate surface area is 110 Å². The number of halogens is 3. The van der Waals surface area contributed by atoms with E-state index in [2.05, 4.69) is 34.0 Å². The van der Waals surface area contributed by atoms with Gasteiger partial charge in [0.15, 0.2) is 0 Å². The smallest absolute Gasteiger partial charge is 0.370 e. The second-order valence-electron chi connectivity index (χ2n) is 4.59. The second kappa shape index (κ2) is 7.44. The molecule has 0 atom stereocenters. The van der Waals surface area contributed by atoms with Crippen molar-refractivity contribution in [2.75, 3.05) is 19.8 Å². The van der Waals surface area contributed by atoms with Gasteiger partial charge >= 0.3 is 6.18 Å². The maximum absolute atomic E-state index is 11.9. The molecule has 0 saturated carbocycles. The first-order valence-electron chi connectivity index (χ1n) is 6.10. The van der Waals surface area contributed by atoms with Crippen molar-refractivity contribution in [2.24, 2.45) is 5.92 Å². The van der Waals surface area contributed by atoms with Gasteiger partial charge in [-0.1, -0.05) is 13.8 Å². The Morgan fingerprint density at radius 1 is 1.42 bits per heavy atom. The summed E-state index contributed by atoms with van der Waals surface area (Å²) in [5.74, 6) is 1.21. The zero-order chi connectivity index (χ0) is 14.3. The van der Waals surface area contributed by atoms with Crippen LogP contribution in [0.15, 0.2) is 6.33 Å². The molecule has 1 aromatic rings. The van der Waals surface area contributed by atoms with Gasteiger partial charge in [0.25, 0.3) is 0 Å². The van der Waals surface area contributed by atoms with Crippen molar-refractivity contribution in [2.45, 2.75) is 33.1 Å². The molecule has 0 spiro atoms. The molecule has 0 aliphatic carbocycles. The standard InChI is InChI=1S/C11H19F3N4O/c1-9(2)5-15-6-10-16-8-17-18(10)3-4-19-7-11(12,13)14/h8-9,15H,3-7H2,1-2H3. The van der Waals surface area contributed by atoms with Crippen LogP contribution in [-0.2, 0) is 17.8 Å². The molecule has 0 amide bonds. The fourth-order valence-electron chi connectivity index (χ4n) is 1.42. The molecule has 1 N–H and O–H groups in total. The highest BCUT2D eigenvalue weighted by Crippen LogP contribution is 2.14. The summed E-state index contributed by atoms with van der Waals surface area (Å²) in [6.07, 6.45) is -2.90. The number of rotatable bonds is 8. The first-order valence-corrected chi connectivity index (χ1v) is 6.10. The molecule has 0 saturated heterocycles. The van der Waals surface area contributed by atoms with Crippen molar-refractivity contribution in [1.29, 1.82) is 0 Å². The van der Waals surface area contributed by atoms with E-state index < -0.39 is 12.8 Å². The van der Waals surface area contributed by atoms with Gasteiger partial charge < -0.3 is 10.1 Å². The molecular weight excluding hydrogens is 261 g/mol. The summed E-state index contributed by atoms with van der Waals surface area (Å²) in [7, 11) is 0. The fourth-order valence-corrected chi connectivity index (χ4v) is 1.42. The first-order chi connectivity index (χ1) is 8.88. The van der Waals surface area contributed by atoms with Crippen LogP contribution in [-0.4, -0.2) is 40.7 Å². The largest absolute Gasteiger partial charge is 0.411 e. The zero-order valence-electron chi connectivity index (χ0n) is 11.1. The third kappa shape index (κ3) is 7.12. The fraction of sp³-hybridized carbons (Fsp3) is 0.818. The summed E-state index contributed by atoms with van der Waals surface area (Å²) in [6, 6.07) is 0. The average molecular weight is 280 g/mol. The second-order valence-corrected chi connectivity index (χ2v) is 4.59. The predicted octanol–water partition coefficient (Wildman–Crippen LogP) is 1.60. The Morgan fingerprint density at radius 3 is 2.79 bits per heavy atom. The summed E-state index contributed by atoms with van der Waals surface area (Å²) in [5.41, 5.74) is 0. The lowest BCUT2D eigenvalue weighted by Gasteiger charge is -2.10. The van der Waals surface area contributed by atoms with Crippen LogP contribution < -0.4 is 5.32 Å². The molecule has 0 aliphatic rings. The summed E-state index contributed by atoms with van der Waals surface area (Å²) >= 11 is 0. The SMILES string of the molecule is CC(C)CNCc1ncnn1CCOCC(F)(F)F. The minimum Gasteiger partial charge on any atom is -0.370 e. The minimum atomic E-state index is -4.29. The van der Waals surface area contributed by atoms with E-state index in [0.717, 1.165) is 6.54 Å². The Balaban J connectivity index is 2.28. The number of ether oxygens (including phenoxy) is 1. The highest BCUT2D eigenvalue weighted by atomic mass is 19.4. The van der Waals surface area contributed by atoms with Gasteiger partial charge in [0.1, 0.15) is 18.8 Å². The normalized spacial score (nSPS) is 12.3. The summed E-state index contributed by atoms with van der Waals surface area (Å²) in [6.45, 7) is 4.54. The van der Waals surface area contributed by atoms with Crippen LogP contribution >= 0.6 is 0 Å². The molecule has 0 unspecified atom stereocenters. The highest BCUT2D eigenvalue weighted by Gasteiger charge is 2.27. The van der Waals surface area contributed by atoms with Crippen molar-refractivity contribution < 1.29 is 17.9 Å². The number of aromatic nitrogens is 3. The molecule has 8 heteroatoms. The van der Waals surface area contributed by atoms with Crippen molar-refractivity contribution >= 4 is 0 Å². The van der Waals surface area contributed by atoms with Crippen LogP contribution in [0.4, 0.5) is 13.2 Å². The summed E-state index contributed by atoms with van der Waals surface area (Å²) in [4.78, 5) is 4.05. The topological polar surface area (TPSA) is 52.0 Å². The van der Waals surface area contributed by atoms with Crippen LogP contribution in [0.25, 0.3) is 0 Å². The van der Waals surface area contributed by atoms with Crippen LogP contribution in [0.1, 0.15) is 19.7 Å². The van der Waals surface area contributed by atoms with Gasteiger partial charge in [-0.05, 0) is 12.5 Å². The maximum atomic E-state index is 11.9. The molecule has 1 heterocycles. The predicted molar refractivity (Wildman–Crippen MR) is 63.4 cm³/mol. The van der Waals surface area contributed by atoms with Gasteiger partial charge in [0.2, 0.25) is 0 Å². The van der Waals surface area contributed by atoms with Gasteiger partial charge in [-0.25, -0.2) is 9.67 Å². The van der Waals surface area contributed by atoms with Gasteiger partial charge in [0, 0.05) is 0 Å². The van der Waals surface area contributed by atoms with Gasteiger partial charge in [0.05, 0.1) is 19.7 Å². The Hall–Kier alpha value is -1.15. The molecule has 19 heavy (non-hydrogen) atoms. The Kier molecular flexibility index (Phi) is 6.23. The van der Waals surface area contributed by atoms with Crippen LogP contribution in [0, 0.1) is 5.92 Å². The summed E-state index contributed by atoms with van der Waals surface area (Å²) in [5, 5.41) is 7.15. The number of hydrogen-bond donors (Lipinski definition) is 1. The molecular formula is C11H19F3N4O. The van der Waals surface area contributed by atoms with Crippen molar-refractivity contribution in [1.82, 2.24) is 20.1 Å². The minimum absolute atomic E-state index is 0.0416. The van der Waals surface area contributed by atoms with E-state index >= 15 is 0 Å². The maximum Gasteiger partial charge on any atom is 0.411 e. The zero-order valence-corrected chi connectivity index (χ0v) is 11.1. The quantitative estimate of drug-likeness (QED) is 0.735. The molecule has 1 rings (SSSR count). The molecule has 0 fully saturated rings. The number of nitrogens with zero attached hydrogens (tertiary/aromatic N) is 3. The van der Waals surface area contributed by atoms with Crippen LogP contribution in [0.5, 0.6) is 0 Å². The molecule has 5 nitrogen and oxygen atoms in total. The molecule has 110 valence electrons. The lowest BCUT2D eigenvalue weighted by Crippen LogP contribution is -2.23. The van der Waals surface area contributed by atoms with Crippen molar-refractivity contribution in [3.05, 3.63) is 12.2 Å². The molecule has 1 aromatic heterocycles. The van der Waals surface area contributed by atoms with E-state index in [1.807, 2.05) is 0 Å². The average Bonchev–Trinajstić information content (AvgIpc) is 2.70. The number of nitrogens with one attached hydrogen (secondary N) is 1. The molecule has 0 aliphatic heterocycles. The molecule has 0 bridgehead atoms. The lowest BCUT2D eigenvalue weighted by atomic mass is 10.2. The third-order valence-corrected chi connectivity index (χ3v) is 2.24. The molecule has 0 radical (unpaired) electrons. The van der Waals surface area contributed by atoms with E-state index in [0.29, 0.717) is 18.3 Å². The first kappa shape index (κ1) is 15.9. The summed E-state index contributed by atoms with van der Waals surface area (Å²) < 4.78 is 41.7. The van der Waals surface area contributed by atoms with E-state index in [1.165, 1.54) is 6.33 Å². The van der Waals surface area contributed by atoms with Crippen LogP contribution in [0.2, 0.25) is 0 Å². The van der Waals surface area contributed by atoms with Crippen molar-refractivity contribution in [3.8, 4) is 0 Å². The van der Waals surface area contributed by atoms with Gasteiger partial charge in [-0.2, -0.15) is 18.3 Å². The number of hydrogen-bond acceptors (Lipinski definition) is 4. The van der Waals surface area contributed by atoms with E-state index in [4.69, 9.17) is 0 Å². The third-order valence-electron chi connectivity index (χ3n) is 2.24. The number of alkyl halides is 3. The van der Waals surface area contributed by atoms with Crippen molar-refractivity contribution in [3.63, 3.8) is 0 Å². The van der Waals surface area contributed by atoms with E-state index in [1.54, 1.807) is 4.68 Å². The highest BCUT2D eigenvalue weighted by molar-refractivity contribution is 4.83.